The van der Waals surface area contributed by atoms with Gasteiger partial charge in [-0.15, -0.1) is 0 Å². The van der Waals surface area contributed by atoms with E-state index in [1.807, 2.05) is 24.3 Å². The molecule has 0 heterocycles. The van der Waals surface area contributed by atoms with Gasteiger partial charge in [-0.1, -0.05) is 136 Å². The number of ether oxygens (including phenoxy) is 2. The van der Waals surface area contributed by atoms with Gasteiger partial charge >= 0.3 is 25.7 Å². The maximum absolute atomic E-state index is 12.6. The Morgan fingerprint density at radius 1 is 0.552 bits per heavy atom. The lowest BCUT2D eigenvalue weighted by Gasteiger charge is -2.20. The normalized spacial score (nSPS) is 14.8. The summed E-state index contributed by atoms with van der Waals surface area (Å²) in [6.07, 6.45) is 51.7. The number of unbranched alkanes of at least 4 members (excludes halogenated alkanes) is 5. The minimum atomic E-state index is -4.75. The van der Waals surface area contributed by atoms with E-state index in [1.165, 1.54) is 19.3 Å². The van der Waals surface area contributed by atoms with E-state index in [-0.39, 0.29) is 12.8 Å². The van der Waals surface area contributed by atoms with Crippen molar-refractivity contribution < 1.29 is 47.5 Å². The number of esters is 2. The zero-order chi connectivity index (χ0) is 42.8. The number of phosphoric ester groups is 1. The quantitative estimate of drug-likeness (QED) is 0.0235. The Morgan fingerprint density at radius 2 is 0.948 bits per heavy atom. The highest BCUT2D eigenvalue weighted by atomic mass is 31.2. The number of carbonyl (C=O) groups is 3. The molecule has 0 aromatic rings. The number of carboxylic acids is 1. The van der Waals surface area contributed by atoms with Crippen LogP contribution in [0.1, 0.15) is 129 Å². The summed E-state index contributed by atoms with van der Waals surface area (Å²) >= 11 is 0. The van der Waals surface area contributed by atoms with Crippen molar-refractivity contribution in [1.29, 1.82) is 0 Å². The van der Waals surface area contributed by atoms with Gasteiger partial charge in [-0.05, 0) is 89.9 Å². The van der Waals surface area contributed by atoms with Gasteiger partial charge in [0.05, 0.1) is 13.2 Å². The molecule has 0 aromatic heterocycles. The fourth-order valence-electron chi connectivity index (χ4n) is 4.74. The molecule has 326 valence electrons. The van der Waals surface area contributed by atoms with Crippen molar-refractivity contribution in [2.45, 2.75) is 142 Å². The lowest BCUT2D eigenvalue weighted by molar-refractivity contribution is -0.161. The van der Waals surface area contributed by atoms with Crippen molar-refractivity contribution in [1.82, 2.24) is 0 Å². The third kappa shape index (κ3) is 39.0. The summed E-state index contributed by atoms with van der Waals surface area (Å²) in [5, 5.41) is 8.88. The second kappa shape index (κ2) is 39.9. The minimum absolute atomic E-state index is 0.0659. The molecule has 12 heteroatoms. The predicted molar refractivity (Wildman–Crippen MR) is 235 cm³/mol. The Balaban J connectivity index is 4.61. The highest BCUT2D eigenvalue weighted by molar-refractivity contribution is 7.47. The van der Waals surface area contributed by atoms with Gasteiger partial charge in [0.15, 0.2) is 6.10 Å². The van der Waals surface area contributed by atoms with E-state index in [9.17, 15) is 23.8 Å². The summed E-state index contributed by atoms with van der Waals surface area (Å²) in [5.41, 5.74) is 5.32. The van der Waals surface area contributed by atoms with Crippen LogP contribution in [0.5, 0.6) is 0 Å². The largest absolute Gasteiger partial charge is 0.480 e. The number of phosphoric acid groups is 1. The highest BCUT2D eigenvalue weighted by Crippen LogP contribution is 2.43. The van der Waals surface area contributed by atoms with Crippen LogP contribution in [0.4, 0.5) is 0 Å². The first-order valence-electron chi connectivity index (χ1n) is 20.9. The molecule has 0 aliphatic carbocycles. The molecular formula is C46H72NO10P. The van der Waals surface area contributed by atoms with Crippen molar-refractivity contribution in [3.63, 3.8) is 0 Å². The molecule has 0 aliphatic heterocycles. The van der Waals surface area contributed by atoms with Crippen LogP contribution in [0.25, 0.3) is 0 Å². The molecule has 3 atom stereocenters. The number of hydrogen-bond donors (Lipinski definition) is 3. The second-order valence-corrected chi connectivity index (χ2v) is 14.8. The van der Waals surface area contributed by atoms with E-state index in [0.29, 0.717) is 25.7 Å². The topological polar surface area (TPSA) is 172 Å². The average Bonchev–Trinajstić information content (AvgIpc) is 3.20. The van der Waals surface area contributed by atoms with Crippen LogP contribution >= 0.6 is 7.82 Å². The SMILES string of the molecule is CC/C=C\C/C=C\C/C=C\C/C=C\C/C=C\CCCC(=O)OC[C@H](COP(=O)(O)OC[C@H](N)C(=O)O)OC(=O)CCC/C=C\C/C=C\C/C=C\C/C=C\CCCCC. The van der Waals surface area contributed by atoms with Gasteiger partial charge in [-0.2, -0.15) is 0 Å². The summed E-state index contributed by atoms with van der Waals surface area (Å²) in [6.45, 7) is 2.51. The van der Waals surface area contributed by atoms with Gasteiger partial charge in [-0.3, -0.25) is 23.4 Å². The van der Waals surface area contributed by atoms with E-state index in [2.05, 4.69) is 103 Å². The van der Waals surface area contributed by atoms with Crippen molar-refractivity contribution >= 4 is 25.7 Å². The molecule has 0 fully saturated rings. The van der Waals surface area contributed by atoms with Crippen molar-refractivity contribution in [3.8, 4) is 0 Å². The Hall–Kier alpha value is -3.86. The minimum Gasteiger partial charge on any atom is -0.480 e. The molecule has 0 rings (SSSR count). The Morgan fingerprint density at radius 3 is 1.38 bits per heavy atom. The summed E-state index contributed by atoms with van der Waals surface area (Å²) in [4.78, 5) is 45.9. The van der Waals surface area contributed by atoms with E-state index in [4.69, 9.17) is 24.8 Å². The van der Waals surface area contributed by atoms with E-state index < -0.39 is 57.7 Å². The number of hydrogen-bond acceptors (Lipinski definition) is 9. The molecule has 4 N–H and O–H groups in total. The number of nitrogens with two attached hydrogens (primary N) is 1. The summed E-state index contributed by atoms with van der Waals surface area (Å²) in [5.74, 6) is -2.54. The van der Waals surface area contributed by atoms with Crippen molar-refractivity contribution in [2.24, 2.45) is 5.73 Å². The van der Waals surface area contributed by atoms with Gasteiger partial charge in [-0.25, -0.2) is 4.57 Å². The van der Waals surface area contributed by atoms with Crippen molar-refractivity contribution in [2.75, 3.05) is 19.8 Å². The molecule has 11 nitrogen and oxygen atoms in total. The van der Waals surface area contributed by atoms with Gasteiger partial charge in [0.1, 0.15) is 12.6 Å². The monoisotopic (exact) mass is 829 g/mol. The summed E-state index contributed by atoms with van der Waals surface area (Å²) in [7, 11) is -4.75. The predicted octanol–water partition coefficient (Wildman–Crippen LogP) is 11.1. The molecule has 58 heavy (non-hydrogen) atoms. The Labute approximate surface area is 348 Å². The first-order valence-corrected chi connectivity index (χ1v) is 22.4. The van der Waals surface area contributed by atoms with Crippen LogP contribution in [0.15, 0.2) is 109 Å². The van der Waals surface area contributed by atoms with Crippen LogP contribution in [0.3, 0.4) is 0 Å². The van der Waals surface area contributed by atoms with Crippen LogP contribution in [0.2, 0.25) is 0 Å². The molecule has 0 amide bonds. The van der Waals surface area contributed by atoms with Gasteiger partial charge < -0.3 is 25.2 Å². The third-order valence-corrected chi connectivity index (χ3v) is 8.96. The Bertz CT molecular complexity index is 1390. The third-order valence-electron chi connectivity index (χ3n) is 8.00. The number of carboxylic acid groups (broad SMARTS) is 1. The lowest BCUT2D eigenvalue weighted by Crippen LogP contribution is -2.34. The number of carbonyl (C=O) groups excluding carboxylic acids is 2. The zero-order valence-corrected chi connectivity index (χ0v) is 36.0. The summed E-state index contributed by atoms with van der Waals surface area (Å²) in [6, 6.07) is -1.54. The average molecular weight is 830 g/mol. The maximum Gasteiger partial charge on any atom is 0.472 e. The standard InChI is InChI=1S/C46H72NO10P/c1-3-5-7-9-11-13-15-17-19-21-23-25-27-29-31-33-35-37-44(48)54-39-42(40-55-58(52,53)56-41-43(47)46(50)51)57-45(49)38-36-34-32-30-28-26-24-22-20-18-16-14-12-10-8-6-4-2/h5,7,11-14,17-20,23-26,29-32,42-43H,3-4,6,8-10,15-16,21-22,27-28,33-41,47H2,1-2H3,(H,50,51)(H,52,53)/b7-5-,13-11-,14-12-,19-17-,20-18-,25-23-,26-24-,31-29-,32-30-/t42-,43+/m1/s1. The van der Waals surface area contributed by atoms with Crippen LogP contribution < -0.4 is 5.73 Å². The number of aliphatic carboxylic acids is 1. The van der Waals surface area contributed by atoms with Gasteiger partial charge in [0.25, 0.3) is 0 Å². The first-order chi connectivity index (χ1) is 28.1. The van der Waals surface area contributed by atoms with Crippen LogP contribution in [-0.4, -0.2) is 59.9 Å². The zero-order valence-electron chi connectivity index (χ0n) is 35.1. The van der Waals surface area contributed by atoms with Gasteiger partial charge in [0.2, 0.25) is 0 Å². The van der Waals surface area contributed by atoms with Gasteiger partial charge in [0, 0.05) is 12.8 Å². The first kappa shape index (κ1) is 54.1. The molecular weight excluding hydrogens is 757 g/mol. The molecule has 0 bridgehead atoms. The molecule has 1 unspecified atom stereocenters. The number of allylic oxidation sites excluding steroid dienone is 18. The van der Waals surface area contributed by atoms with E-state index in [1.54, 1.807) is 0 Å². The van der Waals surface area contributed by atoms with E-state index in [0.717, 1.165) is 57.8 Å². The number of rotatable bonds is 37. The molecule has 0 aliphatic rings. The lowest BCUT2D eigenvalue weighted by atomic mass is 10.2. The molecule has 0 aromatic carbocycles. The van der Waals surface area contributed by atoms with Crippen LogP contribution in [-0.2, 0) is 37.5 Å². The fraction of sp³-hybridized carbons (Fsp3) is 0.543. The van der Waals surface area contributed by atoms with Crippen LogP contribution in [0, 0.1) is 0 Å². The highest BCUT2D eigenvalue weighted by Gasteiger charge is 2.28. The molecule has 0 radical (unpaired) electrons. The van der Waals surface area contributed by atoms with Crippen molar-refractivity contribution in [3.05, 3.63) is 109 Å². The smallest absolute Gasteiger partial charge is 0.472 e. The molecule has 0 spiro atoms. The molecule has 0 saturated carbocycles. The maximum atomic E-state index is 12.6. The summed E-state index contributed by atoms with van der Waals surface area (Å²) < 4.78 is 32.5. The van der Waals surface area contributed by atoms with E-state index >= 15 is 0 Å². The molecule has 0 saturated heterocycles. The second-order valence-electron chi connectivity index (χ2n) is 13.4. The fourth-order valence-corrected chi connectivity index (χ4v) is 5.52. The Kier molecular flexibility index (Phi) is 37.3.